The second-order valence-electron chi connectivity index (χ2n) is 10.7. The smallest absolute Gasteiger partial charge is 0.243 e. The molecule has 0 unspecified atom stereocenters. The van der Waals surface area contributed by atoms with Crippen LogP contribution in [-0.2, 0) is 45.1 Å². The average Bonchev–Trinajstić information content (AvgIpc) is 3.01. The fourth-order valence-electron chi connectivity index (χ4n) is 5.97. The minimum Gasteiger partial charge on any atom is -0.375 e. The highest BCUT2D eigenvalue weighted by Crippen LogP contribution is 2.46. The van der Waals surface area contributed by atoms with E-state index in [2.05, 4.69) is 0 Å². The topological polar surface area (TPSA) is 59.1 Å². The summed E-state index contributed by atoms with van der Waals surface area (Å²) in [6.45, 7) is 2.43. The number of anilines is 2. The number of fused-ring (bicyclic) bond motifs is 2. The standard InChI is InChI=1S/C35H34N2O4/c38-33-35(23-29-15-7-9-17-31(29)36(33)19-21-40-25-27-11-3-1-4-12-27)24-30-16-8-10-18-32(30)37(34(35)39)20-22-41-26-28-13-5-2-6-14-28/h1-18H,19-26H2. The number of carbonyl (C=O) groups is 2. The van der Waals surface area contributed by atoms with Crippen LogP contribution in [-0.4, -0.2) is 38.1 Å². The van der Waals surface area contributed by atoms with Crippen molar-refractivity contribution in [1.82, 2.24) is 0 Å². The number of carbonyl (C=O) groups excluding carboxylic acids is 2. The van der Waals surface area contributed by atoms with Crippen molar-refractivity contribution in [3.63, 3.8) is 0 Å². The molecular weight excluding hydrogens is 512 g/mol. The molecule has 208 valence electrons. The van der Waals surface area contributed by atoms with Crippen molar-refractivity contribution in [3.05, 3.63) is 131 Å². The maximum atomic E-state index is 14.4. The molecule has 0 aliphatic carbocycles. The summed E-state index contributed by atoms with van der Waals surface area (Å²) in [5.41, 5.74) is 4.68. The lowest BCUT2D eigenvalue weighted by molar-refractivity contribution is -0.141. The van der Waals surface area contributed by atoms with E-state index in [-0.39, 0.29) is 11.8 Å². The van der Waals surface area contributed by atoms with Crippen LogP contribution in [0.2, 0.25) is 0 Å². The molecule has 1 spiro atoms. The van der Waals surface area contributed by atoms with Gasteiger partial charge >= 0.3 is 0 Å². The molecule has 0 bridgehead atoms. The van der Waals surface area contributed by atoms with Gasteiger partial charge < -0.3 is 19.3 Å². The van der Waals surface area contributed by atoms with Gasteiger partial charge in [-0.1, -0.05) is 97.1 Å². The molecule has 0 radical (unpaired) electrons. The quantitative estimate of drug-likeness (QED) is 0.192. The van der Waals surface area contributed by atoms with E-state index in [0.29, 0.717) is 52.4 Å². The Balaban J connectivity index is 1.23. The molecule has 6 heteroatoms. The molecule has 0 N–H and O–H groups in total. The molecule has 0 aromatic heterocycles. The van der Waals surface area contributed by atoms with Gasteiger partial charge in [0.05, 0.1) is 26.4 Å². The molecular formula is C35H34N2O4. The average molecular weight is 547 g/mol. The van der Waals surface area contributed by atoms with Crippen LogP contribution in [0.4, 0.5) is 11.4 Å². The molecule has 0 saturated carbocycles. The zero-order valence-electron chi connectivity index (χ0n) is 23.1. The third-order valence-corrected chi connectivity index (χ3v) is 8.00. The third-order valence-electron chi connectivity index (χ3n) is 8.00. The number of ether oxygens (including phenoxy) is 2. The number of para-hydroxylation sites is 2. The molecule has 0 atom stereocenters. The van der Waals surface area contributed by atoms with E-state index < -0.39 is 5.41 Å². The van der Waals surface area contributed by atoms with Gasteiger partial charge in [-0.3, -0.25) is 9.59 Å². The van der Waals surface area contributed by atoms with Crippen molar-refractivity contribution in [2.24, 2.45) is 5.41 Å². The minimum absolute atomic E-state index is 0.158. The van der Waals surface area contributed by atoms with Gasteiger partial charge in [-0.2, -0.15) is 0 Å². The molecule has 0 saturated heterocycles. The van der Waals surface area contributed by atoms with Crippen LogP contribution in [0.5, 0.6) is 0 Å². The maximum absolute atomic E-state index is 14.4. The molecule has 2 heterocycles. The molecule has 2 aliphatic heterocycles. The number of nitrogens with zero attached hydrogens (tertiary/aromatic N) is 2. The Labute approximate surface area is 241 Å². The number of hydrogen-bond acceptors (Lipinski definition) is 4. The zero-order valence-corrected chi connectivity index (χ0v) is 23.1. The van der Waals surface area contributed by atoms with Crippen LogP contribution >= 0.6 is 0 Å². The molecule has 4 aromatic rings. The first-order valence-corrected chi connectivity index (χ1v) is 14.2. The van der Waals surface area contributed by atoms with E-state index in [4.69, 9.17) is 9.47 Å². The van der Waals surface area contributed by atoms with Gasteiger partial charge in [0.1, 0.15) is 5.41 Å². The third kappa shape index (κ3) is 5.53. The molecule has 4 aromatic carbocycles. The van der Waals surface area contributed by atoms with Crippen LogP contribution in [0.15, 0.2) is 109 Å². The molecule has 0 fully saturated rings. The van der Waals surface area contributed by atoms with E-state index in [1.807, 2.05) is 109 Å². The fraction of sp³-hybridized carbons (Fsp3) is 0.257. The summed E-state index contributed by atoms with van der Waals surface area (Å²) < 4.78 is 11.9. The van der Waals surface area contributed by atoms with E-state index in [1.165, 1.54) is 0 Å². The summed E-state index contributed by atoms with van der Waals surface area (Å²) in [6, 6.07) is 35.8. The lowest BCUT2D eigenvalue weighted by Crippen LogP contribution is -2.61. The predicted molar refractivity (Wildman–Crippen MR) is 160 cm³/mol. The second kappa shape index (κ2) is 12.1. The Hall–Kier alpha value is -4.26. The first kappa shape index (κ1) is 26.9. The van der Waals surface area contributed by atoms with Gasteiger partial charge in [0, 0.05) is 24.5 Å². The Kier molecular flexibility index (Phi) is 7.94. The van der Waals surface area contributed by atoms with E-state index in [1.54, 1.807) is 9.80 Å². The van der Waals surface area contributed by atoms with Crippen LogP contribution in [0.25, 0.3) is 0 Å². The highest BCUT2D eigenvalue weighted by Gasteiger charge is 2.55. The van der Waals surface area contributed by atoms with Gasteiger partial charge in [0.2, 0.25) is 11.8 Å². The van der Waals surface area contributed by atoms with Crippen LogP contribution in [0.3, 0.4) is 0 Å². The van der Waals surface area contributed by atoms with Gasteiger partial charge in [-0.15, -0.1) is 0 Å². The van der Waals surface area contributed by atoms with Crippen LogP contribution in [0.1, 0.15) is 22.3 Å². The molecule has 41 heavy (non-hydrogen) atoms. The lowest BCUT2D eigenvalue weighted by Gasteiger charge is -2.47. The first-order chi connectivity index (χ1) is 20.2. The second-order valence-corrected chi connectivity index (χ2v) is 10.7. The number of rotatable bonds is 10. The number of benzene rings is 4. The summed E-state index contributed by atoms with van der Waals surface area (Å²) in [5, 5.41) is 0. The van der Waals surface area contributed by atoms with Gasteiger partial charge in [0.25, 0.3) is 0 Å². The van der Waals surface area contributed by atoms with Crippen molar-refractivity contribution < 1.29 is 19.1 Å². The van der Waals surface area contributed by atoms with E-state index in [0.717, 1.165) is 33.6 Å². The van der Waals surface area contributed by atoms with Gasteiger partial charge in [0.15, 0.2) is 0 Å². The summed E-state index contributed by atoms with van der Waals surface area (Å²) in [6.07, 6.45) is 0.746. The van der Waals surface area contributed by atoms with Gasteiger partial charge in [-0.05, 0) is 47.2 Å². The summed E-state index contributed by atoms with van der Waals surface area (Å²) in [7, 11) is 0. The van der Waals surface area contributed by atoms with Crippen LogP contribution in [0, 0.1) is 5.41 Å². The number of hydrogen-bond donors (Lipinski definition) is 0. The molecule has 6 rings (SSSR count). The number of amides is 2. The van der Waals surface area contributed by atoms with Crippen LogP contribution < -0.4 is 9.80 Å². The first-order valence-electron chi connectivity index (χ1n) is 14.2. The Morgan fingerprint density at radius 2 is 0.927 bits per heavy atom. The Bertz CT molecular complexity index is 1390. The lowest BCUT2D eigenvalue weighted by atomic mass is 9.69. The SMILES string of the molecule is O=C1N(CCOCc2ccccc2)c2ccccc2CC12Cc1ccccc1N(CCOCc1ccccc1)C2=O. The normalized spacial score (nSPS) is 15.6. The highest BCUT2D eigenvalue weighted by atomic mass is 16.5. The molecule has 2 aliphatic rings. The predicted octanol–water partition coefficient (Wildman–Crippen LogP) is 5.59. The van der Waals surface area contributed by atoms with Gasteiger partial charge in [-0.25, -0.2) is 0 Å². The monoisotopic (exact) mass is 546 g/mol. The summed E-state index contributed by atoms with van der Waals surface area (Å²) in [4.78, 5) is 32.3. The highest BCUT2D eigenvalue weighted by molar-refractivity contribution is 6.19. The minimum atomic E-state index is -1.21. The van der Waals surface area contributed by atoms with E-state index in [9.17, 15) is 9.59 Å². The molecule has 2 amide bonds. The Morgan fingerprint density at radius 1 is 0.537 bits per heavy atom. The summed E-state index contributed by atoms with van der Waals surface area (Å²) >= 11 is 0. The van der Waals surface area contributed by atoms with Crippen molar-refractivity contribution in [2.75, 3.05) is 36.1 Å². The van der Waals surface area contributed by atoms with Crippen molar-refractivity contribution >= 4 is 23.2 Å². The van der Waals surface area contributed by atoms with E-state index >= 15 is 0 Å². The zero-order chi connectivity index (χ0) is 28.1. The largest absolute Gasteiger partial charge is 0.375 e. The van der Waals surface area contributed by atoms with Crippen molar-refractivity contribution in [1.29, 1.82) is 0 Å². The van der Waals surface area contributed by atoms with Crippen molar-refractivity contribution in [3.8, 4) is 0 Å². The Morgan fingerprint density at radius 3 is 1.37 bits per heavy atom. The van der Waals surface area contributed by atoms with Crippen molar-refractivity contribution in [2.45, 2.75) is 26.1 Å². The fourth-order valence-corrected chi connectivity index (χ4v) is 5.97. The maximum Gasteiger partial charge on any atom is 0.243 e. The molecule has 6 nitrogen and oxygen atoms in total. The summed E-state index contributed by atoms with van der Waals surface area (Å²) in [5.74, 6) is -0.316.